The molecule has 0 spiro atoms. The minimum Gasteiger partial charge on any atom is -0.375 e. The van der Waals surface area contributed by atoms with Crippen molar-refractivity contribution in [2.24, 2.45) is 4.99 Å². The Kier molecular flexibility index (Phi) is 10.9. The molecule has 2 heterocycles. The maximum atomic E-state index is 5.61. The molecule has 7 heteroatoms. The molecular weight excluding hydrogens is 489 g/mol. The topological polar surface area (TPSA) is 61.8 Å². The zero-order chi connectivity index (χ0) is 20.3. The van der Waals surface area contributed by atoms with Gasteiger partial charge in [-0.15, -0.1) is 24.0 Å². The second kappa shape index (κ2) is 13.4. The molecule has 1 fully saturated rings. The molecule has 1 aromatic heterocycles. The lowest BCUT2D eigenvalue weighted by atomic mass is 10.1. The molecule has 1 aromatic carbocycles. The number of guanidine groups is 1. The number of nitrogens with zero attached hydrogens (tertiary/aromatic N) is 3. The van der Waals surface area contributed by atoms with Crippen LogP contribution in [0.2, 0.25) is 0 Å². The van der Waals surface area contributed by atoms with Gasteiger partial charge in [-0.1, -0.05) is 36.4 Å². The Balaban J connectivity index is 0.00000320. The first-order valence-corrected chi connectivity index (χ1v) is 10.6. The molecular formula is C23H34IN5O. The average Bonchev–Trinajstić information content (AvgIpc) is 2.76. The summed E-state index contributed by atoms with van der Waals surface area (Å²) in [6.07, 6.45) is 4.32. The highest BCUT2D eigenvalue weighted by Crippen LogP contribution is 2.15. The van der Waals surface area contributed by atoms with Gasteiger partial charge in [-0.3, -0.25) is 0 Å². The summed E-state index contributed by atoms with van der Waals surface area (Å²) in [4.78, 5) is 11.6. The van der Waals surface area contributed by atoms with E-state index in [1.807, 2.05) is 6.20 Å². The Morgan fingerprint density at radius 1 is 1.17 bits per heavy atom. The van der Waals surface area contributed by atoms with Crippen LogP contribution in [0.25, 0.3) is 0 Å². The number of hydrogen-bond acceptors (Lipinski definition) is 4. The fourth-order valence-electron chi connectivity index (χ4n) is 3.38. The van der Waals surface area contributed by atoms with Gasteiger partial charge in [0.15, 0.2) is 5.96 Å². The minimum atomic E-state index is 0. The van der Waals surface area contributed by atoms with Gasteiger partial charge in [-0.2, -0.15) is 0 Å². The summed E-state index contributed by atoms with van der Waals surface area (Å²) in [6.45, 7) is 9.08. The van der Waals surface area contributed by atoms with E-state index >= 15 is 0 Å². The van der Waals surface area contributed by atoms with Crippen molar-refractivity contribution in [2.75, 3.05) is 37.7 Å². The van der Waals surface area contributed by atoms with Crippen LogP contribution in [0.1, 0.15) is 31.4 Å². The zero-order valence-electron chi connectivity index (χ0n) is 18.0. The number of aromatic nitrogens is 1. The molecule has 2 N–H and O–H groups in total. The van der Waals surface area contributed by atoms with Gasteiger partial charge in [0.25, 0.3) is 0 Å². The molecule has 1 unspecified atom stereocenters. The summed E-state index contributed by atoms with van der Waals surface area (Å²) < 4.78 is 5.61. The molecule has 0 radical (unpaired) electrons. The number of aliphatic imine (C=N–C) groups is 1. The van der Waals surface area contributed by atoms with Crippen LogP contribution in [-0.4, -0.2) is 49.8 Å². The molecule has 1 saturated heterocycles. The summed E-state index contributed by atoms with van der Waals surface area (Å²) in [7, 11) is 0. The Hall–Kier alpha value is -1.87. The third kappa shape index (κ3) is 8.10. The Labute approximate surface area is 197 Å². The fraction of sp³-hybridized carbons (Fsp3) is 0.478. The van der Waals surface area contributed by atoms with Crippen LogP contribution in [0.3, 0.4) is 0 Å². The quantitative estimate of drug-likeness (QED) is 0.240. The van der Waals surface area contributed by atoms with E-state index in [9.17, 15) is 0 Å². The second-order valence-corrected chi connectivity index (χ2v) is 7.36. The smallest absolute Gasteiger partial charge is 0.191 e. The summed E-state index contributed by atoms with van der Waals surface area (Å²) in [5, 5.41) is 6.74. The first-order valence-electron chi connectivity index (χ1n) is 10.6. The zero-order valence-corrected chi connectivity index (χ0v) is 20.3. The number of anilines is 1. The van der Waals surface area contributed by atoms with Crippen molar-refractivity contribution in [2.45, 2.75) is 39.3 Å². The van der Waals surface area contributed by atoms with E-state index in [1.165, 1.54) is 5.56 Å². The maximum Gasteiger partial charge on any atom is 0.191 e. The van der Waals surface area contributed by atoms with Gasteiger partial charge < -0.3 is 20.3 Å². The van der Waals surface area contributed by atoms with E-state index in [0.717, 1.165) is 63.0 Å². The van der Waals surface area contributed by atoms with E-state index in [2.05, 4.69) is 76.8 Å². The van der Waals surface area contributed by atoms with Crippen LogP contribution in [-0.2, 0) is 17.7 Å². The third-order valence-electron chi connectivity index (χ3n) is 4.92. The lowest BCUT2D eigenvalue weighted by Crippen LogP contribution is -2.41. The number of nitrogens with one attached hydrogen (secondary N) is 2. The van der Waals surface area contributed by atoms with E-state index in [4.69, 9.17) is 9.73 Å². The fourth-order valence-corrected chi connectivity index (χ4v) is 3.38. The molecule has 1 aliphatic heterocycles. The highest BCUT2D eigenvalue weighted by Gasteiger charge is 2.17. The lowest BCUT2D eigenvalue weighted by Gasteiger charge is -2.32. The van der Waals surface area contributed by atoms with Crippen molar-refractivity contribution in [3.63, 3.8) is 0 Å². The third-order valence-corrected chi connectivity index (χ3v) is 4.92. The second-order valence-electron chi connectivity index (χ2n) is 7.36. The van der Waals surface area contributed by atoms with Gasteiger partial charge in [0.2, 0.25) is 0 Å². The number of halogens is 1. The van der Waals surface area contributed by atoms with Gasteiger partial charge in [0, 0.05) is 32.4 Å². The molecule has 1 aliphatic rings. The van der Waals surface area contributed by atoms with Crippen LogP contribution >= 0.6 is 24.0 Å². The molecule has 0 aliphatic carbocycles. The molecule has 0 bridgehead atoms. The van der Waals surface area contributed by atoms with E-state index in [1.54, 1.807) is 0 Å². The van der Waals surface area contributed by atoms with Crippen LogP contribution in [0.15, 0.2) is 53.7 Å². The first kappa shape index (κ1) is 24.4. The van der Waals surface area contributed by atoms with E-state index in [-0.39, 0.29) is 30.1 Å². The molecule has 2 aromatic rings. The van der Waals surface area contributed by atoms with Gasteiger partial charge in [-0.25, -0.2) is 9.98 Å². The Bertz CT molecular complexity index is 754. The normalized spacial score (nSPS) is 16.7. The number of pyridine rings is 1. The highest BCUT2D eigenvalue weighted by atomic mass is 127. The van der Waals surface area contributed by atoms with Crippen molar-refractivity contribution < 1.29 is 4.74 Å². The van der Waals surface area contributed by atoms with Crippen LogP contribution in [0.5, 0.6) is 0 Å². The predicted octanol–water partition coefficient (Wildman–Crippen LogP) is 3.61. The van der Waals surface area contributed by atoms with Crippen molar-refractivity contribution in [3.05, 3.63) is 59.8 Å². The average molecular weight is 523 g/mol. The van der Waals surface area contributed by atoms with Crippen LogP contribution < -0.4 is 15.5 Å². The summed E-state index contributed by atoms with van der Waals surface area (Å²) in [6, 6.07) is 14.8. The number of ether oxygens (including phenoxy) is 1. The minimum absolute atomic E-state index is 0. The largest absolute Gasteiger partial charge is 0.375 e. The monoisotopic (exact) mass is 523 g/mol. The van der Waals surface area contributed by atoms with Crippen molar-refractivity contribution in [1.82, 2.24) is 15.6 Å². The summed E-state index contributed by atoms with van der Waals surface area (Å²) in [5.41, 5.74) is 2.48. The molecule has 6 nitrogen and oxygen atoms in total. The number of morpholine rings is 1. The Morgan fingerprint density at radius 3 is 2.70 bits per heavy atom. The number of benzene rings is 1. The van der Waals surface area contributed by atoms with Crippen LogP contribution in [0.4, 0.5) is 5.82 Å². The molecule has 164 valence electrons. The molecule has 1 atom stereocenters. The molecule has 30 heavy (non-hydrogen) atoms. The Morgan fingerprint density at radius 2 is 2.00 bits per heavy atom. The molecule has 0 amide bonds. The maximum absolute atomic E-state index is 5.61. The number of aryl methyl sites for hydroxylation is 1. The van der Waals surface area contributed by atoms with Crippen LogP contribution in [0, 0.1) is 0 Å². The van der Waals surface area contributed by atoms with Crippen molar-refractivity contribution in [3.8, 4) is 0 Å². The standard InChI is InChI=1S/C23H33N5O.HI/c1-3-24-23(25-13-7-10-20-8-5-4-6-9-20)27-17-21-11-12-22(26-16-21)28-14-15-29-19(2)18-28;/h4-6,8-9,11-12,16,19H,3,7,10,13-15,17-18H2,1-2H3,(H2,24,25,27);1H. The number of rotatable bonds is 8. The SMILES string of the molecule is CCNC(=NCc1ccc(N2CCOC(C)C2)nc1)NCCCc1ccccc1.I. The first-order chi connectivity index (χ1) is 14.2. The van der Waals surface area contributed by atoms with Gasteiger partial charge in [-0.05, 0) is 43.9 Å². The van der Waals surface area contributed by atoms with Gasteiger partial charge in [0.1, 0.15) is 5.82 Å². The van der Waals surface area contributed by atoms with Crippen molar-refractivity contribution >= 4 is 35.8 Å². The van der Waals surface area contributed by atoms with Crippen molar-refractivity contribution in [1.29, 1.82) is 0 Å². The molecule has 3 rings (SSSR count). The van der Waals surface area contributed by atoms with Gasteiger partial charge in [0.05, 0.1) is 19.3 Å². The summed E-state index contributed by atoms with van der Waals surface area (Å²) >= 11 is 0. The highest BCUT2D eigenvalue weighted by molar-refractivity contribution is 14.0. The van der Waals surface area contributed by atoms with Gasteiger partial charge >= 0.3 is 0 Å². The van der Waals surface area contributed by atoms with E-state index in [0.29, 0.717) is 6.54 Å². The number of hydrogen-bond donors (Lipinski definition) is 2. The van der Waals surface area contributed by atoms with E-state index < -0.39 is 0 Å². The predicted molar refractivity (Wildman–Crippen MR) is 135 cm³/mol. The summed E-state index contributed by atoms with van der Waals surface area (Å²) in [5.74, 6) is 1.87. The lowest BCUT2D eigenvalue weighted by molar-refractivity contribution is 0.0529. The molecule has 0 saturated carbocycles.